The summed E-state index contributed by atoms with van der Waals surface area (Å²) in [6.07, 6.45) is 11.2. The minimum Gasteiger partial charge on any atom is -0.691 e. The van der Waals surface area contributed by atoms with Crippen molar-refractivity contribution in [1.29, 1.82) is 0 Å². The van der Waals surface area contributed by atoms with Crippen molar-refractivity contribution in [3.8, 4) is 0 Å². The van der Waals surface area contributed by atoms with Crippen LogP contribution < -0.4 is 0 Å². The van der Waals surface area contributed by atoms with Gasteiger partial charge in [0, 0.05) is 21.1 Å². The van der Waals surface area contributed by atoms with Gasteiger partial charge in [-0.05, 0) is 77.0 Å². The summed E-state index contributed by atoms with van der Waals surface area (Å²) in [5.41, 5.74) is -13.9. The zero-order chi connectivity index (χ0) is 54.5. The van der Waals surface area contributed by atoms with Gasteiger partial charge in [0.1, 0.15) is 0 Å². The molecule has 0 bridgehead atoms. The molecule has 0 fully saturated rings. The summed E-state index contributed by atoms with van der Waals surface area (Å²) < 4.78 is 70.2. The molecule has 13 nitrogen and oxygen atoms in total. The molecule has 0 saturated carbocycles. The molecular weight excluding hydrogens is 1340 g/mol. The second-order valence-electron chi connectivity index (χ2n) is 12.7. The van der Waals surface area contributed by atoms with E-state index >= 15 is 0 Å². The van der Waals surface area contributed by atoms with Gasteiger partial charge < -0.3 is 128 Å². The Hall–Kier alpha value is 6.23. The Balaban J connectivity index is -0.000000107. The normalized spacial score (nSPS) is 11.4. The molecule has 0 aromatic rings. The van der Waals surface area contributed by atoms with Crippen LogP contribution in [0.3, 0.4) is 0 Å². The van der Waals surface area contributed by atoms with Gasteiger partial charge in [0.05, 0.1) is 113 Å². The van der Waals surface area contributed by atoms with Gasteiger partial charge in [-0.15, -0.1) is 0 Å². The summed E-state index contributed by atoms with van der Waals surface area (Å²) in [4.78, 5) is 0. The van der Waals surface area contributed by atoms with E-state index in [1.165, 1.54) is 0 Å². The maximum absolute atomic E-state index is 7.83. The molecule has 0 N–H and O–H groups in total. The van der Waals surface area contributed by atoms with E-state index in [0.29, 0.717) is 79.3 Å². The molecule has 0 spiro atoms. The summed E-state index contributed by atoms with van der Waals surface area (Å²) in [6.45, 7) is 31.6. The number of rotatable bonds is 36. The minimum atomic E-state index is -2.31. The number of hydrogen-bond donors (Lipinski definition) is 0. The van der Waals surface area contributed by atoms with Crippen LogP contribution in [-0.4, -0.2) is 83.5 Å². The Morgan fingerprint density at radius 3 is 0.333 bits per heavy atom. The average molecular weight is 1420 g/mol. The fraction of sp³-hybridized carbons (Fsp3) is 1.00. The standard InChI is InChI=1S/6C6H15O2PS2.Mo.OS/c6*1-3-5-7-9(10,11)8-6-4-2;;1-2/h6*3-6H2,1-2H3,(H,10,11);;/p-6. The molecule has 33 heteroatoms. The molecular formula is C36H84MoO13P6S13-6. The van der Waals surface area contributed by atoms with Crippen molar-refractivity contribution in [2.24, 2.45) is 0 Å². The predicted molar refractivity (Wildman–Crippen MR) is 333 cm³/mol. The molecule has 0 rings (SSSR count). The molecule has 0 aromatic heterocycles. The van der Waals surface area contributed by atoms with Crippen LogP contribution in [0.5, 0.6) is 0 Å². The monoisotopic (exact) mass is 1420 g/mol. The molecule has 0 aliphatic heterocycles. The second-order valence-corrected chi connectivity index (χ2v) is 42.6. The molecule has 426 valence electrons. The van der Waals surface area contributed by atoms with Crippen LogP contribution in [-0.2, 0) is 232 Å². The van der Waals surface area contributed by atoms with E-state index in [1.54, 1.807) is 0 Å². The second kappa shape index (κ2) is 65.0. The van der Waals surface area contributed by atoms with Gasteiger partial charge in [0.15, 0.2) is 12.5 Å². The maximum atomic E-state index is 7.83. The maximum Gasteiger partial charge on any atom is 0.197 e. The largest absolute Gasteiger partial charge is 0.691 e. The quantitative estimate of drug-likeness (QED) is 0.0335. The van der Waals surface area contributed by atoms with E-state index < -0.39 is 34.2 Å². The van der Waals surface area contributed by atoms with Gasteiger partial charge in [-0.25, -0.2) is 0 Å². The molecule has 0 amide bonds. The van der Waals surface area contributed by atoms with E-state index in [2.05, 4.69) is 12.5 Å². The Bertz CT molecular complexity index is 1050. The zero-order valence-corrected chi connectivity index (χ0v) is 60.7. The van der Waals surface area contributed by atoms with Gasteiger partial charge in [-0.2, -0.15) is 4.21 Å². The topological polar surface area (TPSA) is 128 Å². The first-order chi connectivity index (χ1) is 31.7. The summed E-state index contributed by atoms with van der Waals surface area (Å²) in [6, 6.07) is 0. The Labute approximate surface area is 504 Å². The van der Waals surface area contributed by atoms with Crippen molar-refractivity contribution in [3.05, 3.63) is 0 Å². The number of hydrogen-bond acceptors (Lipinski definition) is 26. The molecule has 0 unspecified atom stereocenters. The third-order valence-electron chi connectivity index (χ3n) is 5.44. The Morgan fingerprint density at radius 1 is 0.232 bits per heavy atom. The van der Waals surface area contributed by atoms with Crippen molar-refractivity contribution in [3.63, 3.8) is 0 Å². The van der Waals surface area contributed by atoms with Crippen LogP contribution in [0.15, 0.2) is 0 Å². The molecule has 0 aliphatic carbocycles. The summed E-state index contributed by atoms with van der Waals surface area (Å²) >= 11 is 62.3. The van der Waals surface area contributed by atoms with Crippen molar-refractivity contribution in [1.82, 2.24) is 0 Å². The Morgan fingerprint density at radius 2 is 0.290 bits per heavy atom. The molecule has 0 heterocycles. The van der Waals surface area contributed by atoms with Crippen LogP contribution in [0.25, 0.3) is 0 Å². The first-order valence-electron chi connectivity index (χ1n) is 22.5. The average Bonchev–Trinajstić information content (AvgIpc) is 3.30. The SMILES string of the molecule is CCCOP(=S)([S-])OCCC.CCCOP(=S)([S-])OCCC.CCCOP(=S)([S-])OCCC.CCCOP(=S)([S-])OCCC.CCCOP(=S)([S-])OCCC.CCCOP(=S)([S-])OCCC.O=S.[Mo]. The van der Waals surface area contributed by atoms with Crippen LogP contribution in [0, 0.1) is 0 Å². The van der Waals surface area contributed by atoms with E-state index in [-0.39, 0.29) is 21.1 Å². The van der Waals surface area contributed by atoms with Crippen LogP contribution in [0.4, 0.5) is 0 Å². The molecule has 0 saturated heterocycles. The molecule has 0 aromatic carbocycles. The van der Waals surface area contributed by atoms with E-state index in [0.717, 1.165) is 77.0 Å². The minimum absolute atomic E-state index is 0. The van der Waals surface area contributed by atoms with Crippen molar-refractivity contribution in [2.75, 3.05) is 79.3 Å². The predicted octanol–water partition coefficient (Wildman–Crippen LogP) is 15.3. The van der Waals surface area contributed by atoms with Crippen molar-refractivity contribution < 1.29 is 79.6 Å². The zero-order valence-electron chi connectivity index (χ0n) is 42.7. The van der Waals surface area contributed by atoms with E-state index in [1.807, 2.05) is 83.1 Å². The fourth-order valence-corrected chi connectivity index (χ4v) is 13.3. The molecule has 0 atom stereocenters. The van der Waals surface area contributed by atoms with E-state index in [4.69, 9.17) is 203 Å². The van der Waals surface area contributed by atoms with Gasteiger partial charge >= 0.3 is 0 Å². The van der Waals surface area contributed by atoms with Gasteiger partial charge in [0.25, 0.3) is 0 Å². The third kappa shape index (κ3) is 88.3. The van der Waals surface area contributed by atoms with Crippen molar-refractivity contribution >= 4 is 191 Å². The first kappa shape index (κ1) is 91.7. The van der Waals surface area contributed by atoms with E-state index in [9.17, 15) is 0 Å². The summed E-state index contributed by atoms with van der Waals surface area (Å²) in [7, 11) is 0. The van der Waals surface area contributed by atoms with Crippen LogP contribution in [0.2, 0.25) is 0 Å². The molecule has 0 aliphatic rings. The smallest absolute Gasteiger partial charge is 0.197 e. The third-order valence-corrected chi connectivity index (χ3v) is 19.0. The van der Waals surface area contributed by atoms with Crippen LogP contribution in [0.1, 0.15) is 160 Å². The van der Waals surface area contributed by atoms with Gasteiger partial charge in [-0.3, -0.25) is 0 Å². The van der Waals surface area contributed by atoms with Gasteiger partial charge in [-0.1, -0.05) is 154 Å². The Kier molecular flexibility index (Phi) is 86.5. The van der Waals surface area contributed by atoms with Crippen molar-refractivity contribution in [2.45, 2.75) is 160 Å². The summed E-state index contributed by atoms with van der Waals surface area (Å²) in [5, 5.41) is 0. The molecule has 69 heavy (non-hydrogen) atoms. The first-order valence-corrected chi connectivity index (χ1v) is 44.7. The van der Waals surface area contributed by atoms with Crippen LogP contribution >= 0.6 is 34.2 Å². The molecule has 0 radical (unpaired) electrons. The van der Waals surface area contributed by atoms with Gasteiger partial charge in [0.2, 0.25) is 0 Å². The fourth-order valence-electron chi connectivity index (χ4n) is 2.66. The summed E-state index contributed by atoms with van der Waals surface area (Å²) in [5.74, 6) is 0.